The molecule has 0 amide bonds. The largest absolute Gasteiger partial charge is 0.507 e. The molecule has 2 heteroatoms. The molecule has 0 saturated carbocycles. The predicted octanol–water partition coefficient (Wildman–Crippen LogP) is 2.81. The standard InChI is InChI=1S/C9H12OS/c1-3-11-8-6-4-5-7(2)9(8)10/h4-6,10H,3H2,1-2H3. The summed E-state index contributed by atoms with van der Waals surface area (Å²) in [5, 5.41) is 9.51. The molecule has 1 rings (SSSR count). The molecule has 11 heavy (non-hydrogen) atoms. The van der Waals surface area contributed by atoms with E-state index in [-0.39, 0.29) is 0 Å². The molecule has 0 heterocycles. The fourth-order valence-electron chi connectivity index (χ4n) is 0.904. The number of benzene rings is 1. The Labute approximate surface area is 71.4 Å². The first kappa shape index (κ1) is 8.47. The lowest BCUT2D eigenvalue weighted by Crippen LogP contribution is -1.78. The zero-order valence-corrected chi connectivity index (χ0v) is 7.61. The molecule has 0 aliphatic rings. The maximum Gasteiger partial charge on any atom is 0.132 e. The van der Waals surface area contributed by atoms with Gasteiger partial charge in [0.05, 0.1) is 0 Å². The van der Waals surface area contributed by atoms with Crippen molar-refractivity contribution in [3.63, 3.8) is 0 Å². The second-order valence-corrected chi connectivity index (χ2v) is 3.66. The molecular weight excluding hydrogens is 156 g/mol. The van der Waals surface area contributed by atoms with Gasteiger partial charge in [0, 0.05) is 4.90 Å². The normalized spacial score (nSPS) is 10.0. The van der Waals surface area contributed by atoms with Crippen LogP contribution in [-0.2, 0) is 0 Å². The number of aromatic hydroxyl groups is 1. The average molecular weight is 168 g/mol. The molecule has 60 valence electrons. The van der Waals surface area contributed by atoms with Gasteiger partial charge in [-0.1, -0.05) is 19.1 Å². The van der Waals surface area contributed by atoms with Gasteiger partial charge in [0.2, 0.25) is 0 Å². The van der Waals surface area contributed by atoms with E-state index in [9.17, 15) is 5.11 Å². The molecule has 0 aliphatic carbocycles. The van der Waals surface area contributed by atoms with Crippen molar-refractivity contribution >= 4 is 11.8 Å². The second kappa shape index (κ2) is 3.67. The Morgan fingerprint density at radius 2 is 2.18 bits per heavy atom. The molecular formula is C9H12OS. The summed E-state index contributed by atoms with van der Waals surface area (Å²) in [6.07, 6.45) is 0. The first-order valence-corrected chi connectivity index (χ1v) is 4.65. The van der Waals surface area contributed by atoms with Gasteiger partial charge in [-0.25, -0.2) is 0 Å². The number of phenolic OH excluding ortho intramolecular Hbond substituents is 1. The van der Waals surface area contributed by atoms with E-state index >= 15 is 0 Å². The summed E-state index contributed by atoms with van der Waals surface area (Å²) in [5.74, 6) is 1.43. The summed E-state index contributed by atoms with van der Waals surface area (Å²) in [7, 11) is 0. The highest BCUT2D eigenvalue weighted by Crippen LogP contribution is 2.30. The Hall–Kier alpha value is -0.630. The number of thioether (sulfide) groups is 1. The Balaban J connectivity index is 2.96. The van der Waals surface area contributed by atoms with Crippen molar-refractivity contribution in [2.45, 2.75) is 18.7 Å². The number of hydrogen-bond donors (Lipinski definition) is 1. The van der Waals surface area contributed by atoms with E-state index in [0.717, 1.165) is 16.2 Å². The van der Waals surface area contributed by atoms with Crippen molar-refractivity contribution < 1.29 is 5.11 Å². The van der Waals surface area contributed by atoms with Gasteiger partial charge in [0.15, 0.2) is 0 Å². The molecule has 0 bridgehead atoms. The van der Waals surface area contributed by atoms with Crippen molar-refractivity contribution in [1.29, 1.82) is 0 Å². The van der Waals surface area contributed by atoms with Gasteiger partial charge in [-0.2, -0.15) is 0 Å². The molecule has 0 aromatic heterocycles. The first-order chi connectivity index (χ1) is 5.25. The quantitative estimate of drug-likeness (QED) is 0.685. The van der Waals surface area contributed by atoms with Crippen LogP contribution in [0.3, 0.4) is 0 Å². The van der Waals surface area contributed by atoms with Gasteiger partial charge < -0.3 is 5.11 Å². The van der Waals surface area contributed by atoms with Crippen LogP contribution in [0.1, 0.15) is 12.5 Å². The zero-order valence-electron chi connectivity index (χ0n) is 6.79. The minimum absolute atomic E-state index is 0.430. The molecule has 1 aromatic rings. The molecule has 0 atom stereocenters. The second-order valence-electron chi connectivity index (χ2n) is 2.35. The number of aryl methyl sites for hydroxylation is 1. The van der Waals surface area contributed by atoms with Gasteiger partial charge in [-0.05, 0) is 24.3 Å². The summed E-state index contributed by atoms with van der Waals surface area (Å²) in [5.41, 5.74) is 0.948. The molecule has 0 saturated heterocycles. The molecule has 0 aliphatic heterocycles. The maximum atomic E-state index is 9.51. The fraction of sp³-hybridized carbons (Fsp3) is 0.333. The van der Waals surface area contributed by atoms with E-state index < -0.39 is 0 Å². The number of rotatable bonds is 2. The highest BCUT2D eigenvalue weighted by atomic mass is 32.2. The Kier molecular flexibility index (Phi) is 2.83. The molecule has 0 unspecified atom stereocenters. The van der Waals surface area contributed by atoms with Crippen molar-refractivity contribution in [3.8, 4) is 5.75 Å². The Morgan fingerprint density at radius 1 is 1.45 bits per heavy atom. The maximum absolute atomic E-state index is 9.51. The molecule has 0 fully saturated rings. The summed E-state index contributed by atoms with van der Waals surface area (Å²) in [6, 6.07) is 5.82. The van der Waals surface area contributed by atoms with Crippen molar-refractivity contribution in [3.05, 3.63) is 23.8 Å². The van der Waals surface area contributed by atoms with E-state index in [1.807, 2.05) is 25.1 Å². The minimum atomic E-state index is 0.430. The average Bonchev–Trinajstić information content (AvgIpc) is 1.99. The fourth-order valence-corrected chi connectivity index (χ4v) is 1.69. The van der Waals surface area contributed by atoms with Crippen molar-refractivity contribution in [1.82, 2.24) is 0 Å². The van der Waals surface area contributed by atoms with Crippen LogP contribution in [0.4, 0.5) is 0 Å². The third kappa shape index (κ3) is 1.90. The van der Waals surface area contributed by atoms with Gasteiger partial charge in [0.25, 0.3) is 0 Å². The molecule has 0 radical (unpaired) electrons. The third-order valence-corrected chi connectivity index (χ3v) is 2.43. The molecule has 1 N–H and O–H groups in total. The number of phenols is 1. The van der Waals surface area contributed by atoms with Crippen LogP contribution in [-0.4, -0.2) is 10.9 Å². The molecule has 1 aromatic carbocycles. The Bertz CT molecular complexity index is 245. The van der Waals surface area contributed by atoms with Crippen LogP contribution in [0.5, 0.6) is 5.75 Å². The van der Waals surface area contributed by atoms with Crippen LogP contribution < -0.4 is 0 Å². The van der Waals surface area contributed by atoms with Crippen LogP contribution in [0.15, 0.2) is 23.1 Å². The zero-order chi connectivity index (χ0) is 8.27. The minimum Gasteiger partial charge on any atom is -0.507 e. The summed E-state index contributed by atoms with van der Waals surface area (Å²) in [6.45, 7) is 3.99. The summed E-state index contributed by atoms with van der Waals surface area (Å²) >= 11 is 1.67. The van der Waals surface area contributed by atoms with Crippen molar-refractivity contribution in [2.24, 2.45) is 0 Å². The van der Waals surface area contributed by atoms with Gasteiger partial charge in [-0.15, -0.1) is 11.8 Å². The van der Waals surface area contributed by atoms with Crippen LogP contribution in [0, 0.1) is 6.92 Å². The molecule has 0 spiro atoms. The van der Waals surface area contributed by atoms with Crippen molar-refractivity contribution in [2.75, 3.05) is 5.75 Å². The smallest absolute Gasteiger partial charge is 0.132 e. The van der Waals surface area contributed by atoms with E-state index in [1.165, 1.54) is 0 Å². The lowest BCUT2D eigenvalue weighted by Gasteiger charge is -2.03. The summed E-state index contributed by atoms with van der Waals surface area (Å²) < 4.78 is 0. The number of hydrogen-bond acceptors (Lipinski definition) is 2. The predicted molar refractivity (Wildman–Crippen MR) is 49.2 cm³/mol. The van der Waals surface area contributed by atoms with E-state index in [2.05, 4.69) is 6.92 Å². The third-order valence-electron chi connectivity index (χ3n) is 1.50. The van der Waals surface area contributed by atoms with Gasteiger partial charge >= 0.3 is 0 Å². The highest BCUT2D eigenvalue weighted by molar-refractivity contribution is 7.99. The topological polar surface area (TPSA) is 20.2 Å². The summed E-state index contributed by atoms with van der Waals surface area (Å²) in [4.78, 5) is 0.979. The Morgan fingerprint density at radius 3 is 2.82 bits per heavy atom. The molecule has 1 nitrogen and oxygen atoms in total. The monoisotopic (exact) mass is 168 g/mol. The highest BCUT2D eigenvalue weighted by Gasteiger charge is 2.01. The van der Waals surface area contributed by atoms with E-state index in [1.54, 1.807) is 11.8 Å². The lowest BCUT2D eigenvalue weighted by atomic mass is 10.2. The van der Waals surface area contributed by atoms with Crippen LogP contribution >= 0.6 is 11.8 Å². The van der Waals surface area contributed by atoms with E-state index in [4.69, 9.17) is 0 Å². The van der Waals surface area contributed by atoms with Crippen LogP contribution in [0.2, 0.25) is 0 Å². The first-order valence-electron chi connectivity index (χ1n) is 3.67. The van der Waals surface area contributed by atoms with Gasteiger partial charge in [-0.3, -0.25) is 0 Å². The van der Waals surface area contributed by atoms with Gasteiger partial charge in [0.1, 0.15) is 5.75 Å². The SMILES string of the molecule is CCSc1cccc(C)c1O. The van der Waals surface area contributed by atoms with Crippen LogP contribution in [0.25, 0.3) is 0 Å². The number of para-hydroxylation sites is 1. The lowest BCUT2D eigenvalue weighted by molar-refractivity contribution is 0.458. The van der Waals surface area contributed by atoms with E-state index in [0.29, 0.717) is 5.75 Å².